The minimum atomic E-state index is -5.03. The number of methoxy groups -OCH3 is 1. The Morgan fingerprint density at radius 2 is 1.62 bits per heavy atom. The predicted octanol–water partition coefficient (Wildman–Crippen LogP) is 3.67. The number of alkyl halides is 3. The van der Waals surface area contributed by atoms with Gasteiger partial charge < -0.3 is 13.7 Å². The molecule has 2 aromatic rings. The third kappa shape index (κ3) is 4.31. The minimum Gasteiger partial charge on any atom is -0.493 e. The first-order valence-corrected chi connectivity index (χ1v) is 7.97. The van der Waals surface area contributed by atoms with Gasteiger partial charge in [-0.1, -0.05) is 18.2 Å². The van der Waals surface area contributed by atoms with Crippen LogP contribution in [0, 0.1) is 6.92 Å². The first-order chi connectivity index (χ1) is 11.1. The van der Waals surface area contributed by atoms with E-state index in [0.29, 0.717) is 0 Å². The molecule has 0 aliphatic carbocycles. The van der Waals surface area contributed by atoms with Gasteiger partial charge in [-0.2, -0.15) is 8.42 Å². The average Bonchev–Trinajstić information content (AvgIpc) is 2.47. The Morgan fingerprint density at radius 3 is 2.25 bits per heavy atom. The van der Waals surface area contributed by atoms with Gasteiger partial charge in [0.2, 0.25) is 0 Å². The minimum absolute atomic E-state index is 0.132. The van der Waals surface area contributed by atoms with Gasteiger partial charge in [-0.3, -0.25) is 0 Å². The third-order valence-electron chi connectivity index (χ3n) is 2.86. The highest BCUT2D eigenvalue weighted by Gasteiger charge is 2.34. The van der Waals surface area contributed by atoms with Gasteiger partial charge in [-0.25, -0.2) is 0 Å². The molecule has 0 unspecified atom stereocenters. The van der Waals surface area contributed by atoms with E-state index < -0.39 is 27.1 Å². The largest absolute Gasteiger partial charge is 0.573 e. The maximum Gasteiger partial charge on any atom is 0.573 e. The van der Waals surface area contributed by atoms with Crippen LogP contribution in [0.5, 0.6) is 17.2 Å². The van der Waals surface area contributed by atoms with E-state index >= 15 is 0 Å². The Labute approximate surface area is 136 Å². The number of halogens is 3. The lowest BCUT2D eigenvalue weighted by Crippen LogP contribution is -2.20. The Morgan fingerprint density at radius 1 is 0.958 bits per heavy atom. The molecule has 0 saturated heterocycles. The van der Waals surface area contributed by atoms with Gasteiger partial charge in [0.1, 0.15) is 4.90 Å². The first kappa shape index (κ1) is 17.9. The molecule has 2 rings (SSSR count). The van der Waals surface area contributed by atoms with Crippen molar-refractivity contribution in [3.8, 4) is 17.2 Å². The molecule has 0 heterocycles. The fourth-order valence-electron chi connectivity index (χ4n) is 1.87. The van der Waals surface area contributed by atoms with Crippen LogP contribution in [0.2, 0.25) is 0 Å². The van der Waals surface area contributed by atoms with Crippen LogP contribution in [0.4, 0.5) is 13.2 Å². The van der Waals surface area contributed by atoms with Crippen molar-refractivity contribution in [2.45, 2.75) is 18.2 Å². The highest BCUT2D eigenvalue weighted by atomic mass is 32.2. The second-order valence-corrected chi connectivity index (χ2v) is 6.20. The molecule has 0 aliphatic heterocycles. The molecular weight excluding hydrogens is 349 g/mol. The summed E-state index contributed by atoms with van der Waals surface area (Å²) in [6.07, 6.45) is -5.03. The van der Waals surface area contributed by atoms with E-state index in [1.54, 1.807) is 13.0 Å². The van der Waals surface area contributed by atoms with Gasteiger partial charge in [-0.05, 0) is 36.8 Å². The molecule has 0 aliphatic rings. The number of hydrogen-bond acceptors (Lipinski definition) is 5. The summed E-state index contributed by atoms with van der Waals surface area (Å²) < 4.78 is 75.6. The number of rotatable bonds is 5. The number of aryl methyl sites for hydroxylation is 1. The summed E-state index contributed by atoms with van der Waals surface area (Å²) in [6.45, 7) is 1.76. The molecule has 0 saturated carbocycles. The van der Waals surface area contributed by atoms with Crippen molar-refractivity contribution < 1.29 is 35.2 Å². The highest BCUT2D eigenvalue weighted by molar-refractivity contribution is 7.87. The van der Waals surface area contributed by atoms with Gasteiger partial charge in [0, 0.05) is 0 Å². The Hall–Kier alpha value is -2.42. The molecule has 0 radical (unpaired) electrons. The van der Waals surface area contributed by atoms with E-state index in [0.717, 1.165) is 17.7 Å². The van der Waals surface area contributed by atoms with E-state index in [2.05, 4.69) is 4.74 Å². The van der Waals surface area contributed by atoms with Crippen LogP contribution in [0.3, 0.4) is 0 Å². The summed E-state index contributed by atoms with van der Waals surface area (Å²) >= 11 is 0. The lowest BCUT2D eigenvalue weighted by Gasteiger charge is -2.15. The maximum atomic E-state index is 12.4. The van der Waals surface area contributed by atoms with E-state index in [-0.39, 0.29) is 11.5 Å². The van der Waals surface area contributed by atoms with Gasteiger partial charge in [0.05, 0.1) is 7.11 Å². The Bertz CT molecular complexity index is 831. The number of ether oxygens (including phenoxy) is 2. The molecule has 24 heavy (non-hydrogen) atoms. The molecule has 9 heteroatoms. The number of hydrogen-bond donors (Lipinski definition) is 0. The first-order valence-electron chi connectivity index (χ1n) is 6.56. The van der Waals surface area contributed by atoms with Crippen molar-refractivity contribution in [2.24, 2.45) is 0 Å². The zero-order valence-corrected chi connectivity index (χ0v) is 13.4. The highest BCUT2D eigenvalue weighted by Crippen LogP contribution is 2.34. The summed E-state index contributed by atoms with van der Waals surface area (Å²) in [7, 11) is -3.25. The summed E-state index contributed by atoms with van der Waals surface area (Å²) in [6, 6.07) is 8.76. The second-order valence-electron chi connectivity index (χ2n) is 4.69. The lowest BCUT2D eigenvalue weighted by molar-refractivity contribution is -0.275. The third-order valence-corrected chi connectivity index (χ3v) is 4.14. The maximum absolute atomic E-state index is 12.4. The van der Waals surface area contributed by atoms with Gasteiger partial charge in [-0.15, -0.1) is 13.2 Å². The summed E-state index contributed by atoms with van der Waals surface area (Å²) in [5.74, 6) is -0.895. The van der Waals surface area contributed by atoms with Crippen molar-refractivity contribution in [3.63, 3.8) is 0 Å². The molecule has 5 nitrogen and oxygen atoms in total. The van der Waals surface area contributed by atoms with E-state index in [9.17, 15) is 21.6 Å². The standard InChI is InChI=1S/C15H13F3O5S/c1-10-7-8-11(13(9-10)21-2)23-24(19,20)14-6-4-3-5-12(14)22-15(16,17)18/h3-9H,1-2H3. The monoisotopic (exact) mass is 362 g/mol. The van der Waals surface area contributed by atoms with E-state index in [4.69, 9.17) is 8.92 Å². The fraction of sp³-hybridized carbons (Fsp3) is 0.200. The van der Waals surface area contributed by atoms with Crippen LogP contribution >= 0.6 is 0 Å². The van der Waals surface area contributed by atoms with Crippen molar-refractivity contribution in [1.29, 1.82) is 0 Å². The van der Waals surface area contributed by atoms with Crippen molar-refractivity contribution >= 4 is 10.1 Å². The second kappa shape index (κ2) is 6.60. The Kier molecular flexibility index (Phi) is 4.93. The van der Waals surface area contributed by atoms with Crippen molar-refractivity contribution in [1.82, 2.24) is 0 Å². The summed E-state index contributed by atoms with van der Waals surface area (Å²) in [5.41, 5.74) is 0.789. The molecule has 0 atom stereocenters. The molecular formula is C15H13F3O5S. The van der Waals surface area contributed by atoms with Crippen LogP contribution in [-0.2, 0) is 10.1 Å². The molecule has 130 valence electrons. The molecule has 0 bridgehead atoms. The lowest BCUT2D eigenvalue weighted by atomic mass is 10.2. The zero-order valence-electron chi connectivity index (χ0n) is 12.6. The summed E-state index contributed by atoms with van der Waals surface area (Å²) in [4.78, 5) is -0.745. The molecule has 0 spiro atoms. The van der Waals surface area contributed by atoms with Crippen LogP contribution < -0.4 is 13.7 Å². The molecule has 2 aromatic carbocycles. The topological polar surface area (TPSA) is 61.8 Å². The van der Waals surface area contributed by atoms with Crippen molar-refractivity contribution in [2.75, 3.05) is 7.11 Å². The SMILES string of the molecule is COc1cc(C)ccc1OS(=O)(=O)c1ccccc1OC(F)(F)F. The molecule has 0 fully saturated rings. The zero-order chi connectivity index (χ0) is 18.0. The van der Waals surface area contributed by atoms with Crippen LogP contribution in [-0.4, -0.2) is 21.9 Å². The molecule has 0 amide bonds. The quantitative estimate of drug-likeness (QED) is 0.760. The van der Waals surface area contributed by atoms with Gasteiger partial charge >= 0.3 is 16.5 Å². The van der Waals surface area contributed by atoms with Crippen LogP contribution in [0.1, 0.15) is 5.56 Å². The Balaban J connectivity index is 2.42. The molecule has 0 aromatic heterocycles. The predicted molar refractivity (Wildman–Crippen MR) is 78.7 cm³/mol. The molecule has 0 N–H and O–H groups in total. The van der Waals surface area contributed by atoms with Crippen LogP contribution in [0.25, 0.3) is 0 Å². The van der Waals surface area contributed by atoms with Gasteiger partial charge in [0.25, 0.3) is 0 Å². The van der Waals surface area contributed by atoms with Gasteiger partial charge in [0.15, 0.2) is 17.2 Å². The van der Waals surface area contributed by atoms with Crippen LogP contribution in [0.15, 0.2) is 47.4 Å². The van der Waals surface area contributed by atoms with E-state index in [1.165, 1.54) is 31.4 Å². The average molecular weight is 362 g/mol. The number of benzene rings is 2. The van der Waals surface area contributed by atoms with E-state index in [1.807, 2.05) is 0 Å². The summed E-state index contributed by atoms with van der Waals surface area (Å²) in [5, 5.41) is 0. The van der Waals surface area contributed by atoms with Crippen molar-refractivity contribution in [3.05, 3.63) is 48.0 Å². The smallest absolute Gasteiger partial charge is 0.493 e. The number of para-hydroxylation sites is 1. The fourth-order valence-corrected chi connectivity index (χ4v) is 2.94. The normalized spacial score (nSPS) is 11.9.